The molecule has 0 spiro atoms. The number of aliphatic imine (C=N–C) groups is 1. The summed E-state index contributed by atoms with van der Waals surface area (Å²) in [5, 5.41) is 3.50. The number of rotatable bonds is 5. The molecule has 1 aliphatic heterocycles. The molecule has 1 unspecified atom stereocenters. The van der Waals surface area contributed by atoms with Crippen molar-refractivity contribution in [2.24, 2.45) is 18.0 Å². The monoisotopic (exact) mass is 342 g/mol. The third-order valence-corrected chi connectivity index (χ3v) is 5.75. The van der Waals surface area contributed by atoms with E-state index in [1.54, 1.807) is 0 Å². The second kappa shape index (κ2) is 8.29. The Morgan fingerprint density at radius 3 is 2.79 bits per heavy atom. The van der Waals surface area contributed by atoms with Crippen LogP contribution in [0.3, 0.4) is 0 Å². The van der Waals surface area contributed by atoms with Gasteiger partial charge in [0.25, 0.3) is 0 Å². The zero-order valence-corrected chi connectivity index (χ0v) is 15.3. The molecule has 128 valence electrons. The largest absolute Gasteiger partial charge is 0.353 e. The fraction of sp³-hybridized carbons (Fsp3) is 0.421. The zero-order valence-electron chi connectivity index (χ0n) is 14.5. The Bertz CT molecular complexity index is 665. The van der Waals surface area contributed by atoms with E-state index in [1.807, 2.05) is 18.8 Å². The molecule has 1 aliphatic rings. The average Bonchev–Trinajstić information content (AvgIpc) is 3.24. The van der Waals surface area contributed by atoms with E-state index < -0.39 is 0 Å². The van der Waals surface area contributed by atoms with Gasteiger partial charge in [-0.05, 0) is 36.6 Å². The molecule has 1 aromatic carbocycles. The number of benzene rings is 1. The van der Waals surface area contributed by atoms with Crippen LogP contribution in [-0.2, 0) is 13.6 Å². The van der Waals surface area contributed by atoms with Gasteiger partial charge < -0.3 is 14.8 Å². The lowest BCUT2D eigenvalue weighted by Crippen LogP contribution is -2.40. The highest BCUT2D eigenvalue weighted by Gasteiger charge is 2.24. The van der Waals surface area contributed by atoms with Crippen molar-refractivity contribution in [3.8, 4) is 0 Å². The van der Waals surface area contributed by atoms with Gasteiger partial charge in [0.15, 0.2) is 5.96 Å². The quantitative estimate of drug-likeness (QED) is 0.514. The van der Waals surface area contributed by atoms with Crippen molar-refractivity contribution in [1.29, 1.82) is 0 Å². The van der Waals surface area contributed by atoms with Crippen molar-refractivity contribution in [1.82, 2.24) is 14.8 Å². The third kappa shape index (κ3) is 4.35. The second-order valence-corrected chi connectivity index (χ2v) is 7.33. The first-order valence-electron chi connectivity index (χ1n) is 8.50. The summed E-state index contributed by atoms with van der Waals surface area (Å²) in [5.74, 6) is 2.92. The smallest absolute Gasteiger partial charge is 0.193 e. The van der Waals surface area contributed by atoms with Gasteiger partial charge in [0, 0.05) is 49.7 Å². The fourth-order valence-corrected chi connectivity index (χ4v) is 4.12. The van der Waals surface area contributed by atoms with E-state index >= 15 is 0 Å². The first-order valence-corrected chi connectivity index (χ1v) is 9.48. The molecule has 3 rings (SSSR count). The van der Waals surface area contributed by atoms with E-state index in [4.69, 9.17) is 0 Å². The molecule has 1 aromatic heterocycles. The molecule has 1 N–H and O–H groups in total. The predicted octanol–water partition coefficient (Wildman–Crippen LogP) is 3.21. The van der Waals surface area contributed by atoms with Crippen molar-refractivity contribution < 1.29 is 0 Å². The van der Waals surface area contributed by atoms with Crippen LogP contribution >= 0.6 is 11.8 Å². The molecule has 0 bridgehead atoms. The molecule has 1 fully saturated rings. The summed E-state index contributed by atoms with van der Waals surface area (Å²) in [4.78, 5) is 8.22. The molecule has 4 nitrogen and oxygen atoms in total. The molecule has 2 aromatic rings. The SMILES string of the molecule is CN=C(NCc1cccn1C)N1CCC(CSc2ccccc2)C1. The standard InChI is InChI=1S/C19H26N4S/c1-20-19(21-13-17-7-6-11-22(17)2)23-12-10-16(14-23)15-24-18-8-4-3-5-9-18/h3-9,11,16H,10,12-15H2,1-2H3,(H,20,21). The molecule has 0 aliphatic carbocycles. The van der Waals surface area contributed by atoms with Crippen LogP contribution in [0.15, 0.2) is 58.5 Å². The van der Waals surface area contributed by atoms with Gasteiger partial charge >= 0.3 is 0 Å². The van der Waals surface area contributed by atoms with Crippen molar-refractivity contribution in [2.75, 3.05) is 25.9 Å². The summed E-state index contributed by atoms with van der Waals surface area (Å²) < 4.78 is 2.14. The van der Waals surface area contributed by atoms with Crippen LogP contribution in [0.4, 0.5) is 0 Å². The number of nitrogens with one attached hydrogen (secondary N) is 1. The van der Waals surface area contributed by atoms with Crippen LogP contribution in [0.25, 0.3) is 0 Å². The summed E-state index contributed by atoms with van der Waals surface area (Å²) >= 11 is 1.96. The maximum atomic E-state index is 4.47. The Morgan fingerprint density at radius 2 is 2.08 bits per heavy atom. The van der Waals surface area contributed by atoms with Crippen molar-refractivity contribution in [3.05, 3.63) is 54.4 Å². The topological polar surface area (TPSA) is 32.6 Å². The Kier molecular flexibility index (Phi) is 5.86. The number of hydrogen-bond donors (Lipinski definition) is 1. The van der Waals surface area contributed by atoms with E-state index in [2.05, 4.69) is 75.5 Å². The Hall–Kier alpha value is -1.88. The minimum atomic E-state index is 0.726. The molecule has 2 heterocycles. The van der Waals surface area contributed by atoms with Crippen molar-refractivity contribution in [3.63, 3.8) is 0 Å². The van der Waals surface area contributed by atoms with E-state index in [-0.39, 0.29) is 0 Å². The summed E-state index contributed by atoms with van der Waals surface area (Å²) in [5.41, 5.74) is 1.27. The second-order valence-electron chi connectivity index (χ2n) is 6.24. The normalized spacial score (nSPS) is 18.2. The van der Waals surface area contributed by atoms with Crippen LogP contribution in [0.1, 0.15) is 12.1 Å². The fourth-order valence-electron chi connectivity index (χ4n) is 3.07. The molecule has 0 radical (unpaired) electrons. The van der Waals surface area contributed by atoms with Crippen LogP contribution in [0.2, 0.25) is 0 Å². The molecule has 5 heteroatoms. The molecule has 0 saturated carbocycles. The van der Waals surface area contributed by atoms with Gasteiger partial charge in [0.1, 0.15) is 0 Å². The lowest BCUT2D eigenvalue weighted by molar-refractivity contribution is 0.473. The average molecular weight is 343 g/mol. The number of guanidine groups is 1. The van der Waals surface area contributed by atoms with Crippen LogP contribution < -0.4 is 5.32 Å². The maximum Gasteiger partial charge on any atom is 0.193 e. The first kappa shape index (κ1) is 17.0. The van der Waals surface area contributed by atoms with Gasteiger partial charge in [-0.2, -0.15) is 0 Å². The molecule has 0 amide bonds. The van der Waals surface area contributed by atoms with Gasteiger partial charge in [-0.25, -0.2) is 0 Å². The maximum absolute atomic E-state index is 4.47. The summed E-state index contributed by atoms with van der Waals surface area (Å²) in [6, 6.07) is 14.9. The highest BCUT2D eigenvalue weighted by Crippen LogP contribution is 2.25. The summed E-state index contributed by atoms with van der Waals surface area (Å²) in [6.45, 7) is 3.00. The highest BCUT2D eigenvalue weighted by atomic mass is 32.2. The third-order valence-electron chi connectivity index (χ3n) is 4.51. The van der Waals surface area contributed by atoms with Crippen LogP contribution in [0, 0.1) is 5.92 Å². The Morgan fingerprint density at radius 1 is 1.25 bits per heavy atom. The molecule has 1 saturated heterocycles. The Balaban J connectivity index is 1.47. The number of aryl methyl sites for hydroxylation is 1. The Labute approximate surface area is 149 Å². The molecular weight excluding hydrogens is 316 g/mol. The van der Waals surface area contributed by atoms with Gasteiger partial charge in [0.05, 0.1) is 6.54 Å². The van der Waals surface area contributed by atoms with E-state index in [1.165, 1.54) is 22.8 Å². The van der Waals surface area contributed by atoms with E-state index in [0.29, 0.717) is 0 Å². The lowest BCUT2D eigenvalue weighted by Gasteiger charge is -2.22. The van der Waals surface area contributed by atoms with Crippen molar-refractivity contribution in [2.45, 2.75) is 17.9 Å². The van der Waals surface area contributed by atoms with Gasteiger partial charge in [-0.1, -0.05) is 18.2 Å². The first-order chi connectivity index (χ1) is 11.8. The minimum Gasteiger partial charge on any atom is -0.353 e. The number of thioether (sulfide) groups is 1. The number of aromatic nitrogens is 1. The number of hydrogen-bond acceptors (Lipinski definition) is 2. The highest BCUT2D eigenvalue weighted by molar-refractivity contribution is 7.99. The lowest BCUT2D eigenvalue weighted by atomic mass is 10.2. The number of likely N-dealkylation sites (tertiary alicyclic amines) is 1. The van der Waals surface area contributed by atoms with Gasteiger partial charge in [-0.15, -0.1) is 11.8 Å². The van der Waals surface area contributed by atoms with Crippen molar-refractivity contribution >= 4 is 17.7 Å². The van der Waals surface area contributed by atoms with Crippen LogP contribution in [-0.4, -0.2) is 41.3 Å². The summed E-state index contributed by atoms with van der Waals surface area (Å²) in [7, 11) is 3.95. The van der Waals surface area contributed by atoms with Gasteiger partial charge in [0.2, 0.25) is 0 Å². The van der Waals surface area contributed by atoms with E-state index in [9.17, 15) is 0 Å². The molecule has 24 heavy (non-hydrogen) atoms. The zero-order chi connectivity index (χ0) is 16.8. The summed E-state index contributed by atoms with van der Waals surface area (Å²) in [6.07, 6.45) is 3.32. The van der Waals surface area contributed by atoms with E-state index in [0.717, 1.165) is 31.5 Å². The molecular formula is C19H26N4S. The minimum absolute atomic E-state index is 0.726. The number of nitrogens with zero attached hydrogens (tertiary/aromatic N) is 3. The van der Waals surface area contributed by atoms with Crippen LogP contribution in [0.5, 0.6) is 0 Å². The predicted molar refractivity (Wildman–Crippen MR) is 102 cm³/mol. The molecule has 1 atom stereocenters. The van der Waals surface area contributed by atoms with Gasteiger partial charge in [-0.3, -0.25) is 4.99 Å².